The van der Waals surface area contributed by atoms with Crippen LogP contribution in [-0.2, 0) is 9.47 Å². The number of carbonyl (C=O) groups is 2. The van der Waals surface area contributed by atoms with Gasteiger partial charge in [0.1, 0.15) is 11.2 Å². The molecule has 0 radical (unpaired) electrons. The molecule has 0 aromatic rings. The summed E-state index contributed by atoms with van der Waals surface area (Å²) in [5.74, 6) is 0.829. The van der Waals surface area contributed by atoms with Crippen LogP contribution < -0.4 is 11.5 Å². The minimum Gasteiger partial charge on any atom is -0.444 e. The molecule has 2 saturated heterocycles. The molecule has 4 atom stereocenters. The Kier molecular flexibility index (Phi) is 9.42. The van der Waals surface area contributed by atoms with Crippen LogP contribution in [0.1, 0.15) is 68.2 Å². The predicted molar refractivity (Wildman–Crippen MR) is 119 cm³/mol. The summed E-state index contributed by atoms with van der Waals surface area (Å²) in [6.07, 6.45) is 1.55. The first kappa shape index (κ1) is 26.5. The largest absolute Gasteiger partial charge is 0.444 e. The lowest BCUT2D eigenvalue weighted by molar-refractivity contribution is 0.0276. The van der Waals surface area contributed by atoms with Crippen molar-refractivity contribution >= 4 is 12.2 Å². The number of amides is 2. The van der Waals surface area contributed by atoms with E-state index in [0.29, 0.717) is 24.9 Å². The smallest absolute Gasteiger partial charge is 0.410 e. The molecular weight excluding hydrogens is 384 g/mol. The summed E-state index contributed by atoms with van der Waals surface area (Å²) in [7, 11) is 0. The molecule has 0 aromatic heterocycles. The first-order chi connectivity index (χ1) is 13.7. The number of likely N-dealkylation sites (tertiary alicyclic amines) is 2. The Hall–Kier alpha value is -1.54. The van der Waals surface area contributed by atoms with Gasteiger partial charge in [-0.2, -0.15) is 0 Å². The van der Waals surface area contributed by atoms with Gasteiger partial charge >= 0.3 is 12.2 Å². The molecule has 2 aliphatic heterocycles. The Balaban J connectivity index is 0.000000300. The summed E-state index contributed by atoms with van der Waals surface area (Å²) in [6, 6.07) is 0.199. The van der Waals surface area contributed by atoms with Gasteiger partial charge in [0.25, 0.3) is 0 Å². The lowest BCUT2D eigenvalue weighted by Crippen LogP contribution is -2.36. The van der Waals surface area contributed by atoms with E-state index in [4.69, 9.17) is 20.9 Å². The van der Waals surface area contributed by atoms with Gasteiger partial charge in [0.2, 0.25) is 0 Å². The van der Waals surface area contributed by atoms with Crippen molar-refractivity contribution in [3.8, 4) is 0 Å². The van der Waals surface area contributed by atoms with E-state index < -0.39 is 11.2 Å². The number of ether oxygens (including phenoxy) is 2. The van der Waals surface area contributed by atoms with E-state index in [-0.39, 0.29) is 24.3 Å². The van der Waals surface area contributed by atoms with E-state index in [1.807, 2.05) is 41.5 Å². The molecule has 0 saturated carbocycles. The maximum Gasteiger partial charge on any atom is 0.410 e. The zero-order valence-corrected chi connectivity index (χ0v) is 20.2. The lowest BCUT2D eigenvalue weighted by atomic mass is 10.0. The van der Waals surface area contributed by atoms with E-state index >= 15 is 0 Å². The van der Waals surface area contributed by atoms with Crippen molar-refractivity contribution in [3.63, 3.8) is 0 Å². The maximum absolute atomic E-state index is 11.7. The van der Waals surface area contributed by atoms with Gasteiger partial charge < -0.3 is 30.7 Å². The molecule has 2 heterocycles. The summed E-state index contributed by atoms with van der Waals surface area (Å²) >= 11 is 0. The number of carbonyl (C=O) groups excluding carboxylic acids is 2. The van der Waals surface area contributed by atoms with E-state index in [1.165, 1.54) is 0 Å². The Morgan fingerprint density at radius 3 is 1.23 bits per heavy atom. The fourth-order valence-electron chi connectivity index (χ4n) is 3.61. The number of hydrogen-bond acceptors (Lipinski definition) is 6. The molecule has 2 amide bonds. The molecule has 0 spiro atoms. The van der Waals surface area contributed by atoms with E-state index in [1.54, 1.807) is 9.80 Å². The fraction of sp³-hybridized carbons (Fsp3) is 0.909. The summed E-state index contributed by atoms with van der Waals surface area (Å²) < 4.78 is 10.6. The Bertz CT molecular complexity index is 520. The monoisotopic (exact) mass is 428 g/mol. The summed E-state index contributed by atoms with van der Waals surface area (Å²) in [5, 5.41) is 0. The second-order valence-electron chi connectivity index (χ2n) is 10.4. The molecule has 0 aliphatic carbocycles. The normalized spacial score (nSPS) is 26.9. The highest BCUT2D eigenvalue weighted by molar-refractivity contribution is 5.69. The van der Waals surface area contributed by atoms with Crippen LogP contribution in [0.2, 0.25) is 0 Å². The van der Waals surface area contributed by atoms with Crippen LogP contribution >= 0.6 is 0 Å². The van der Waals surface area contributed by atoms with Crippen molar-refractivity contribution in [1.29, 1.82) is 0 Å². The minimum atomic E-state index is -0.425. The topological polar surface area (TPSA) is 111 Å². The average molecular weight is 429 g/mol. The van der Waals surface area contributed by atoms with E-state index in [2.05, 4.69) is 13.8 Å². The second-order valence-corrected chi connectivity index (χ2v) is 10.4. The van der Waals surface area contributed by atoms with Gasteiger partial charge in [-0.15, -0.1) is 0 Å². The Morgan fingerprint density at radius 2 is 1.03 bits per heavy atom. The van der Waals surface area contributed by atoms with Crippen LogP contribution in [0, 0.1) is 11.8 Å². The molecule has 8 heteroatoms. The van der Waals surface area contributed by atoms with Crippen LogP contribution in [0.5, 0.6) is 0 Å². The first-order valence-electron chi connectivity index (χ1n) is 11.1. The molecule has 4 N–H and O–H groups in total. The van der Waals surface area contributed by atoms with Crippen molar-refractivity contribution in [2.75, 3.05) is 26.2 Å². The quantitative estimate of drug-likeness (QED) is 0.699. The zero-order valence-electron chi connectivity index (χ0n) is 20.2. The van der Waals surface area contributed by atoms with Crippen molar-refractivity contribution in [2.45, 2.75) is 91.5 Å². The van der Waals surface area contributed by atoms with Gasteiger partial charge in [0.15, 0.2) is 0 Å². The zero-order chi connectivity index (χ0) is 23.3. The molecule has 2 rings (SSSR count). The van der Waals surface area contributed by atoms with Crippen LogP contribution in [0.25, 0.3) is 0 Å². The van der Waals surface area contributed by atoms with Crippen molar-refractivity contribution in [3.05, 3.63) is 0 Å². The van der Waals surface area contributed by atoms with Crippen molar-refractivity contribution < 1.29 is 19.1 Å². The van der Waals surface area contributed by atoms with Gasteiger partial charge in [0, 0.05) is 38.3 Å². The molecule has 0 bridgehead atoms. The van der Waals surface area contributed by atoms with Crippen LogP contribution in [-0.4, -0.2) is 71.5 Å². The molecule has 0 unspecified atom stereocenters. The van der Waals surface area contributed by atoms with E-state index in [0.717, 1.165) is 25.9 Å². The molecule has 0 aromatic carbocycles. The summed E-state index contributed by atoms with van der Waals surface area (Å²) in [4.78, 5) is 26.9. The first-order valence-corrected chi connectivity index (χ1v) is 11.1. The Labute approximate surface area is 182 Å². The minimum absolute atomic E-state index is 0.0996. The predicted octanol–water partition coefficient (Wildman–Crippen LogP) is 3.18. The molecule has 30 heavy (non-hydrogen) atoms. The maximum atomic E-state index is 11.7. The van der Waals surface area contributed by atoms with E-state index in [9.17, 15) is 9.59 Å². The van der Waals surface area contributed by atoms with Gasteiger partial charge in [-0.3, -0.25) is 0 Å². The van der Waals surface area contributed by atoms with Crippen LogP contribution in [0.3, 0.4) is 0 Å². The molecule has 8 nitrogen and oxygen atoms in total. The van der Waals surface area contributed by atoms with Gasteiger partial charge in [-0.25, -0.2) is 9.59 Å². The highest BCUT2D eigenvalue weighted by Crippen LogP contribution is 2.22. The third kappa shape index (κ3) is 8.68. The third-order valence-electron chi connectivity index (χ3n) is 5.34. The third-order valence-corrected chi connectivity index (χ3v) is 5.34. The molecular formula is C22H44N4O4. The summed E-state index contributed by atoms with van der Waals surface area (Å²) in [5.41, 5.74) is 11.0. The number of nitrogens with two attached hydrogens (primary N) is 2. The summed E-state index contributed by atoms with van der Waals surface area (Å²) in [6.45, 7) is 18.1. The average Bonchev–Trinajstić information content (AvgIpc) is 3.15. The second kappa shape index (κ2) is 10.7. The number of nitrogens with zero attached hydrogens (tertiary/aromatic N) is 2. The van der Waals surface area contributed by atoms with Crippen molar-refractivity contribution in [2.24, 2.45) is 23.3 Å². The highest BCUT2D eigenvalue weighted by Gasteiger charge is 2.35. The van der Waals surface area contributed by atoms with Gasteiger partial charge in [-0.05, 0) is 53.4 Å². The Morgan fingerprint density at radius 1 is 0.733 bits per heavy atom. The SMILES string of the molecule is CC[C@@H]1CN(C(=O)OC(C)(C)C)C[C@@H]1N.CC[C@H]1CN(C(=O)OC(C)(C)C)C[C@H]1N. The molecule has 2 fully saturated rings. The van der Waals surface area contributed by atoms with Crippen LogP contribution in [0.15, 0.2) is 0 Å². The number of hydrogen-bond donors (Lipinski definition) is 2. The molecule has 176 valence electrons. The lowest BCUT2D eigenvalue weighted by Gasteiger charge is -2.24. The fourth-order valence-corrected chi connectivity index (χ4v) is 3.61. The standard InChI is InChI=1S/2C11H22N2O2/c2*1-5-8-6-13(7-9(8)12)10(14)15-11(2,3)4/h2*8-9H,5-7,12H2,1-4H3/t2*8-,9+/m10/s1. The van der Waals surface area contributed by atoms with Gasteiger partial charge in [-0.1, -0.05) is 26.7 Å². The van der Waals surface area contributed by atoms with Crippen LogP contribution in [0.4, 0.5) is 9.59 Å². The number of rotatable bonds is 2. The van der Waals surface area contributed by atoms with Gasteiger partial charge in [0.05, 0.1) is 0 Å². The van der Waals surface area contributed by atoms with Crippen molar-refractivity contribution in [1.82, 2.24) is 9.80 Å². The molecule has 2 aliphatic rings. The highest BCUT2D eigenvalue weighted by atomic mass is 16.6.